The van der Waals surface area contributed by atoms with E-state index in [1.165, 1.54) is 17.8 Å². The lowest BCUT2D eigenvalue weighted by molar-refractivity contribution is 0.559. The molecule has 4 heteroatoms. The van der Waals surface area contributed by atoms with E-state index in [1.807, 2.05) is 18.3 Å². The number of nitrogens with one attached hydrogen (secondary N) is 1. The Morgan fingerprint density at radius 2 is 1.74 bits per heavy atom. The molecule has 23 heavy (non-hydrogen) atoms. The molecule has 0 aliphatic heterocycles. The van der Waals surface area contributed by atoms with Gasteiger partial charge in [-0.2, -0.15) is 5.10 Å². The highest BCUT2D eigenvalue weighted by atomic mass is 19.1. The van der Waals surface area contributed by atoms with Crippen LogP contribution >= 0.6 is 0 Å². The number of fused-ring (bicyclic) bond motifs is 2. The number of aromatic amines is 1. The fraction of sp³-hybridized carbons (Fsp3) is 0.211. The van der Waals surface area contributed by atoms with Gasteiger partial charge in [0, 0.05) is 27.6 Å². The van der Waals surface area contributed by atoms with Crippen LogP contribution in [0.3, 0.4) is 0 Å². The predicted octanol–water partition coefficient (Wildman–Crippen LogP) is 4.94. The van der Waals surface area contributed by atoms with Gasteiger partial charge in [-0.1, -0.05) is 20.8 Å². The maximum Gasteiger partial charge on any atom is 0.123 e. The molecule has 0 fully saturated rings. The van der Waals surface area contributed by atoms with Crippen LogP contribution in [0, 0.1) is 5.82 Å². The van der Waals surface area contributed by atoms with Crippen molar-refractivity contribution in [1.82, 2.24) is 14.8 Å². The highest BCUT2D eigenvalue weighted by Gasteiger charge is 2.22. The Morgan fingerprint density at radius 3 is 2.43 bits per heavy atom. The zero-order valence-electron chi connectivity index (χ0n) is 13.4. The van der Waals surface area contributed by atoms with E-state index in [0.717, 1.165) is 27.5 Å². The fourth-order valence-electron chi connectivity index (χ4n) is 3.07. The van der Waals surface area contributed by atoms with Crippen LogP contribution in [0.15, 0.2) is 48.7 Å². The summed E-state index contributed by atoms with van der Waals surface area (Å²) >= 11 is 0. The molecule has 0 saturated carbocycles. The van der Waals surface area contributed by atoms with Gasteiger partial charge < -0.3 is 4.57 Å². The summed E-state index contributed by atoms with van der Waals surface area (Å²) in [5.74, 6) is -0.222. The van der Waals surface area contributed by atoms with E-state index in [1.54, 1.807) is 0 Å². The maximum atomic E-state index is 13.3. The second kappa shape index (κ2) is 4.69. The van der Waals surface area contributed by atoms with Crippen LogP contribution in [-0.2, 0) is 5.41 Å². The standard InChI is InChI=1S/C19H18FN3/c1-19(2,3)18-10-12-8-16-13(11-21-22-16)9-17(12)23(18)15-6-4-14(20)5-7-15/h4-11H,1-3H3,(H,21,22). The second-order valence-corrected chi connectivity index (χ2v) is 6.96. The van der Waals surface area contributed by atoms with Gasteiger partial charge >= 0.3 is 0 Å². The zero-order valence-corrected chi connectivity index (χ0v) is 13.4. The van der Waals surface area contributed by atoms with Crippen molar-refractivity contribution in [3.8, 4) is 5.69 Å². The Labute approximate surface area is 133 Å². The van der Waals surface area contributed by atoms with Crippen molar-refractivity contribution < 1.29 is 4.39 Å². The largest absolute Gasteiger partial charge is 0.313 e. The van der Waals surface area contributed by atoms with E-state index >= 15 is 0 Å². The van der Waals surface area contributed by atoms with E-state index in [-0.39, 0.29) is 11.2 Å². The van der Waals surface area contributed by atoms with Crippen LogP contribution in [0.5, 0.6) is 0 Å². The summed E-state index contributed by atoms with van der Waals surface area (Å²) in [6.45, 7) is 6.57. The first-order chi connectivity index (χ1) is 10.9. The first-order valence-corrected chi connectivity index (χ1v) is 7.68. The average Bonchev–Trinajstić information content (AvgIpc) is 3.08. The average molecular weight is 307 g/mol. The minimum Gasteiger partial charge on any atom is -0.313 e. The van der Waals surface area contributed by atoms with Crippen LogP contribution < -0.4 is 0 Å². The van der Waals surface area contributed by atoms with Gasteiger partial charge in [-0.25, -0.2) is 4.39 Å². The van der Waals surface area contributed by atoms with Gasteiger partial charge in [-0.15, -0.1) is 0 Å². The van der Waals surface area contributed by atoms with E-state index in [4.69, 9.17) is 0 Å². The number of aromatic nitrogens is 3. The minimum atomic E-state index is -0.222. The van der Waals surface area contributed by atoms with E-state index in [0.29, 0.717) is 0 Å². The molecule has 0 spiro atoms. The summed E-state index contributed by atoms with van der Waals surface area (Å²) in [6, 6.07) is 13.1. The molecular weight excluding hydrogens is 289 g/mol. The fourth-order valence-corrected chi connectivity index (χ4v) is 3.07. The van der Waals surface area contributed by atoms with Crippen molar-refractivity contribution >= 4 is 21.8 Å². The number of hydrogen-bond donors (Lipinski definition) is 1. The molecule has 1 N–H and O–H groups in total. The van der Waals surface area contributed by atoms with Crippen LogP contribution in [0.2, 0.25) is 0 Å². The molecule has 2 aromatic heterocycles. The summed E-state index contributed by atoms with van der Waals surface area (Å²) < 4.78 is 15.5. The van der Waals surface area contributed by atoms with E-state index in [9.17, 15) is 4.39 Å². The third-order valence-corrected chi connectivity index (χ3v) is 4.21. The van der Waals surface area contributed by atoms with Gasteiger partial charge in [-0.05, 0) is 42.5 Å². The molecule has 2 aromatic carbocycles. The predicted molar refractivity (Wildman–Crippen MR) is 91.6 cm³/mol. The molecular formula is C19H18FN3. The topological polar surface area (TPSA) is 33.6 Å². The number of H-pyrrole nitrogens is 1. The monoisotopic (exact) mass is 307 g/mol. The van der Waals surface area contributed by atoms with Crippen molar-refractivity contribution in [2.24, 2.45) is 0 Å². The lowest BCUT2D eigenvalue weighted by Gasteiger charge is -2.22. The molecule has 3 nitrogen and oxygen atoms in total. The summed E-state index contributed by atoms with van der Waals surface area (Å²) in [4.78, 5) is 0. The summed E-state index contributed by atoms with van der Waals surface area (Å²) in [5, 5.41) is 9.34. The molecule has 116 valence electrons. The van der Waals surface area contributed by atoms with Crippen molar-refractivity contribution in [2.45, 2.75) is 26.2 Å². The highest BCUT2D eigenvalue weighted by molar-refractivity contribution is 5.96. The first kappa shape index (κ1) is 14.0. The van der Waals surface area contributed by atoms with Gasteiger partial charge in [0.2, 0.25) is 0 Å². The third kappa shape index (κ3) is 2.22. The lowest BCUT2D eigenvalue weighted by atomic mass is 9.92. The summed E-state index contributed by atoms with van der Waals surface area (Å²) in [6.07, 6.45) is 1.83. The smallest absolute Gasteiger partial charge is 0.123 e. The Morgan fingerprint density at radius 1 is 1.00 bits per heavy atom. The Balaban J connectivity index is 2.10. The van der Waals surface area contributed by atoms with Crippen LogP contribution in [0.1, 0.15) is 26.5 Å². The van der Waals surface area contributed by atoms with Gasteiger partial charge in [0.15, 0.2) is 0 Å². The second-order valence-electron chi connectivity index (χ2n) is 6.96. The normalized spacial score (nSPS) is 12.3. The highest BCUT2D eigenvalue weighted by Crippen LogP contribution is 2.34. The van der Waals surface area contributed by atoms with Gasteiger partial charge in [0.1, 0.15) is 5.82 Å². The molecule has 0 atom stereocenters. The Bertz CT molecular complexity index is 1000. The first-order valence-electron chi connectivity index (χ1n) is 7.68. The van der Waals surface area contributed by atoms with Crippen molar-refractivity contribution in [1.29, 1.82) is 0 Å². The van der Waals surface area contributed by atoms with Crippen molar-refractivity contribution in [2.75, 3.05) is 0 Å². The van der Waals surface area contributed by atoms with E-state index < -0.39 is 0 Å². The molecule has 4 aromatic rings. The SMILES string of the molecule is CC(C)(C)c1cc2cc3[nH]ncc3cc2n1-c1ccc(F)cc1. The zero-order chi connectivity index (χ0) is 16.2. The molecule has 0 saturated heterocycles. The van der Waals surface area contributed by atoms with Crippen LogP contribution in [-0.4, -0.2) is 14.8 Å². The molecule has 4 rings (SSSR count). The number of rotatable bonds is 1. The Kier molecular flexibility index (Phi) is 2.85. The van der Waals surface area contributed by atoms with Crippen LogP contribution in [0.4, 0.5) is 4.39 Å². The lowest BCUT2D eigenvalue weighted by Crippen LogP contribution is -2.16. The quantitative estimate of drug-likeness (QED) is 0.531. The molecule has 0 aliphatic carbocycles. The van der Waals surface area contributed by atoms with Gasteiger partial charge in [0.05, 0.1) is 17.2 Å². The number of halogens is 1. The van der Waals surface area contributed by atoms with E-state index in [2.05, 4.69) is 53.7 Å². The number of hydrogen-bond acceptors (Lipinski definition) is 1. The van der Waals surface area contributed by atoms with Crippen LogP contribution in [0.25, 0.3) is 27.5 Å². The molecule has 0 aliphatic rings. The number of nitrogens with zero attached hydrogens (tertiary/aromatic N) is 2. The van der Waals surface area contributed by atoms with Crippen molar-refractivity contribution in [3.63, 3.8) is 0 Å². The number of benzene rings is 2. The van der Waals surface area contributed by atoms with Gasteiger partial charge in [-0.3, -0.25) is 5.10 Å². The molecule has 0 bridgehead atoms. The molecule has 0 amide bonds. The maximum absolute atomic E-state index is 13.3. The summed E-state index contributed by atoms with van der Waals surface area (Å²) in [7, 11) is 0. The van der Waals surface area contributed by atoms with Gasteiger partial charge in [0.25, 0.3) is 0 Å². The summed E-state index contributed by atoms with van der Waals surface area (Å²) in [5.41, 5.74) is 4.26. The minimum absolute atomic E-state index is 0.0284. The molecule has 0 radical (unpaired) electrons. The van der Waals surface area contributed by atoms with Crippen molar-refractivity contribution in [3.05, 3.63) is 60.2 Å². The Hall–Kier alpha value is -2.62. The third-order valence-electron chi connectivity index (χ3n) is 4.21. The molecule has 0 unspecified atom stereocenters. The molecule has 2 heterocycles.